The van der Waals surface area contributed by atoms with Gasteiger partial charge in [0.15, 0.2) is 0 Å². The molecule has 1 saturated heterocycles. The first-order chi connectivity index (χ1) is 17.0. The van der Waals surface area contributed by atoms with Crippen molar-refractivity contribution in [1.82, 2.24) is 34.8 Å². The van der Waals surface area contributed by atoms with Gasteiger partial charge in [-0.05, 0) is 45.7 Å². The number of anilines is 1. The van der Waals surface area contributed by atoms with E-state index >= 15 is 0 Å². The van der Waals surface area contributed by atoms with E-state index in [0.717, 1.165) is 42.4 Å². The van der Waals surface area contributed by atoms with Crippen molar-refractivity contribution in [2.24, 2.45) is 0 Å². The summed E-state index contributed by atoms with van der Waals surface area (Å²) in [5.41, 5.74) is 7.83. The number of carbonyl (C=O) groups excluding carboxylic acids is 1. The highest BCUT2D eigenvalue weighted by Crippen LogP contribution is 2.44. The van der Waals surface area contributed by atoms with E-state index in [1.165, 1.54) is 6.20 Å². The summed E-state index contributed by atoms with van der Waals surface area (Å²) in [5, 5.41) is 12.0. The van der Waals surface area contributed by atoms with Gasteiger partial charge >= 0.3 is 12.2 Å². The fraction of sp³-hybridized carbons (Fsp3) is 0.500. The van der Waals surface area contributed by atoms with Gasteiger partial charge in [-0.15, -0.1) is 0 Å². The highest BCUT2D eigenvalue weighted by Gasteiger charge is 2.47. The molecule has 3 N–H and O–H groups in total. The van der Waals surface area contributed by atoms with Crippen molar-refractivity contribution in [2.75, 3.05) is 18.8 Å². The molecule has 0 saturated carbocycles. The summed E-state index contributed by atoms with van der Waals surface area (Å²) in [5.74, 6) is -0.557. The lowest BCUT2D eigenvalue weighted by Crippen LogP contribution is -2.41. The highest BCUT2D eigenvalue weighted by atomic mass is 19.4. The lowest BCUT2D eigenvalue weighted by atomic mass is 9.82. The van der Waals surface area contributed by atoms with E-state index in [4.69, 9.17) is 5.73 Å². The Morgan fingerprint density at radius 3 is 2.69 bits per heavy atom. The normalized spacial score (nSPS) is 20.2. The summed E-state index contributed by atoms with van der Waals surface area (Å²) < 4.78 is 43.7. The number of nitrogens with one attached hydrogen (secondary N) is 1. The molecule has 192 valence electrons. The number of hydrogen-bond donors (Lipinski definition) is 2. The lowest BCUT2D eigenvalue weighted by molar-refractivity contribution is -0.137. The van der Waals surface area contributed by atoms with E-state index in [-0.39, 0.29) is 23.1 Å². The molecular weight excluding hydrogens is 473 g/mol. The van der Waals surface area contributed by atoms with Gasteiger partial charge in [0.2, 0.25) is 0 Å². The van der Waals surface area contributed by atoms with Crippen LogP contribution in [0.1, 0.15) is 55.2 Å². The third-order valence-electron chi connectivity index (χ3n) is 7.53. The summed E-state index contributed by atoms with van der Waals surface area (Å²) in [7, 11) is 0. The Morgan fingerprint density at radius 2 is 2.00 bits per heavy atom. The summed E-state index contributed by atoms with van der Waals surface area (Å²) >= 11 is 0. The molecular formula is C24H29F3N8O. The van der Waals surface area contributed by atoms with Crippen LogP contribution in [-0.2, 0) is 24.7 Å². The molecule has 2 amide bonds. The zero-order valence-electron chi connectivity index (χ0n) is 20.4. The summed E-state index contributed by atoms with van der Waals surface area (Å²) in [6.07, 6.45) is 0.100. The first-order valence-corrected chi connectivity index (χ1v) is 12.0. The van der Waals surface area contributed by atoms with Crippen LogP contribution in [0.3, 0.4) is 0 Å². The third-order valence-corrected chi connectivity index (χ3v) is 7.53. The van der Waals surface area contributed by atoms with E-state index in [2.05, 4.69) is 20.5 Å². The zero-order valence-corrected chi connectivity index (χ0v) is 20.4. The van der Waals surface area contributed by atoms with Crippen molar-refractivity contribution in [1.29, 1.82) is 0 Å². The number of aromatic nitrogens is 5. The average Bonchev–Trinajstić information content (AvgIpc) is 3.58. The van der Waals surface area contributed by atoms with Crippen LogP contribution in [-0.4, -0.2) is 48.6 Å². The second-order valence-corrected chi connectivity index (χ2v) is 9.67. The number of likely N-dealkylation sites (tertiary alicyclic amines) is 1. The number of nitrogen functional groups attached to an aromatic ring is 1. The Morgan fingerprint density at radius 1 is 1.25 bits per heavy atom. The van der Waals surface area contributed by atoms with E-state index in [0.29, 0.717) is 25.3 Å². The molecule has 0 bridgehead atoms. The largest absolute Gasteiger partial charge is 0.419 e. The SMILES string of the molecule is CCn1ncc(C(C)NC(=O)N2CCC3(CCn4nc(-c5cnc(N)c(C(F)(F)F)c5)cc43)C2)c1C. The van der Waals surface area contributed by atoms with Gasteiger partial charge in [-0.2, -0.15) is 23.4 Å². The molecule has 3 aromatic rings. The molecule has 2 aliphatic heterocycles. The van der Waals surface area contributed by atoms with Crippen LogP contribution in [0, 0.1) is 6.92 Å². The topological polar surface area (TPSA) is 107 Å². The maximum absolute atomic E-state index is 13.3. The number of amides is 2. The molecule has 0 radical (unpaired) electrons. The Bertz CT molecular complexity index is 1310. The minimum absolute atomic E-state index is 0.140. The van der Waals surface area contributed by atoms with Crippen molar-refractivity contribution in [3.8, 4) is 11.3 Å². The van der Waals surface area contributed by atoms with Gasteiger partial charge in [-0.3, -0.25) is 9.36 Å². The van der Waals surface area contributed by atoms with Gasteiger partial charge in [0, 0.05) is 60.3 Å². The zero-order chi connectivity index (χ0) is 25.8. The number of alkyl halides is 3. The number of aryl methyl sites for hydroxylation is 2. The highest BCUT2D eigenvalue weighted by molar-refractivity contribution is 5.75. The molecule has 9 nitrogen and oxygen atoms in total. The summed E-state index contributed by atoms with van der Waals surface area (Å²) in [6.45, 7) is 8.48. The molecule has 2 aliphatic rings. The molecule has 2 atom stereocenters. The monoisotopic (exact) mass is 502 g/mol. The predicted octanol–water partition coefficient (Wildman–Crippen LogP) is 3.89. The molecule has 5 heterocycles. The van der Waals surface area contributed by atoms with Crippen molar-refractivity contribution in [3.63, 3.8) is 0 Å². The van der Waals surface area contributed by atoms with Crippen LogP contribution in [0.4, 0.5) is 23.8 Å². The van der Waals surface area contributed by atoms with Gasteiger partial charge < -0.3 is 16.0 Å². The van der Waals surface area contributed by atoms with Crippen molar-refractivity contribution < 1.29 is 18.0 Å². The van der Waals surface area contributed by atoms with Crippen LogP contribution in [0.15, 0.2) is 24.5 Å². The number of rotatable bonds is 4. The molecule has 1 fully saturated rings. The maximum atomic E-state index is 13.3. The Hall–Kier alpha value is -3.57. The van der Waals surface area contributed by atoms with E-state index in [9.17, 15) is 18.0 Å². The molecule has 0 aliphatic carbocycles. The first-order valence-electron chi connectivity index (χ1n) is 12.0. The van der Waals surface area contributed by atoms with Crippen molar-refractivity contribution in [2.45, 2.75) is 64.3 Å². The Balaban J connectivity index is 1.33. The lowest BCUT2D eigenvalue weighted by Gasteiger charge is -2.25. The number of fused-ring (bicyclic) bond motifs is 2. The van der Waals surface area contributed by atoms with Crippen molar-refractivity contribution in [3.05, 3.63) is 47.0 Å². The molecule has 2 unspecified atom stereocenters. The second kappa shape index (κ2) is 8.52. The molecule has 0 aromatic carbocycles. The van der Waals surface area contributed by atoms with E-state index < -0.39 is 17.6 Å². The number of pyridine rings is 1. The van der Waals surface area contributed by atoms with E-state index in [1.807, 2.05) is 41.1 Å². The van der Waals surface area contributed by atoms with Crippen LogP contribution in [0.25, 0.3) is 11.3 Å². The maximum Gasteiger partial charge on any atom is 0.419 e. The van der Waals surface area contributed by atoms with Gasteiger partial charge in [-0.25, -0.2) is 9.78 Å². The molecule has 5 rings (SSSR count). The molecule has 36 heavy (non-hydrogen) atoms. The smallest absolute Gasteiger partial charge is 0.383 e. The average molecular weight is 503 g/mol. The van der Waals surface area contributed by atoms with E-state index in [1.54, 1.807) is 6.20 Å². The summed E-state index contributed by atoms with van der Waals surface area (Å²) in [4.78, 5) is 18.6. The number of hydrogen-bond acceptors (Lipinski definition) is 5. The van der Waals surface area contributed by atoms with Crippen LogP contribution in [0.5, 0.6) is 0 Å². The fourth-order valence-electron chi connectivity index (χ4n) is 5.46. The standard InChI is InChI=1S/C24H29F3N8O/c1-4-34-15(3)17(12-30-34)14(2)31-22(36)33-7-5-23(13-33)6-8-35-20(23)10-19(32-35)16-9-18(24(25,26)27)21(28)29-11-16/h9-12,14H,4-8,13H2,1-3H3,(H2,28,29)(H,31,36). The van der Waals surface area contributed by atoms with Gasteiger partial charge in [0.1, 0.15) is 5.82 Å². The fourth-order valence-corrected chi connectivity index (χ4v) is 5.46. The number of urea groups is 1. The first kappa shape index (κ1) is 24.1. The van der Waals surface area contributed by atoms with Crippen LogP contribution < -0.4 is 11.1 Å². The minimum atomic E-state index is -4.60. The molecule has 1 spiro atoms. The van der Waals surface area contributed by atoms with Gasteiger partial charge in [-0.1, -0.05) is 0 Å². The number of halogens is 3. The minimum Gasteiger partial charge on any atom is -0.383 e. The molecule has 3 aromatic heterocycles. The Kier molecular flexibility index (Phi) is 5.72. The van der Waals surface area contributed by atoms with Crippen LogP contribution >= 0.6 is 0 Å². The van der Waals surface area contributed by atoms with Crippen molar-refractivity contribution >= 4 is 11.8 Å². The van der Waals surface area contributed by atoms with Gasteiger partial charge in [0.25, 0.3) is 0 Å². The number of carbonyl (C=O) groups is 1. The summed E-state index contributed by atoms with van der Waals surface area (Å²) in [6, 6.07) is 2.49. The predicted molar refractivity (Wildman–Crippen MR) is 127 cm³/mol. The Labute approximate surface area is 206 Å². The van der Waals surface area contributed by atoms with Crippen LogP contribution in [0.2, 0.25) is 0 Å². The number of nitrogens with zero attached hydrogens (tertiary/aromatic N) is 6. The third kappa shape index (κ3) is 3.97. The van der Waals surface area contributed by atoms with Gasteiger partial charge in [0.05, 0.1) is 23.5 Å². The second-order valence-electron chi connectivity index (χ2n) is 9.67. The number of nitrogens with two attached hydrogens (primary N) is 1. The molecule has 12 heteroatoms. The quantitative estimate of drug-likeness (QED) is 0.563.